The lowest BCUT2D eigenvalue weighted by atomic mass is 10.2. The minimum absolute atomic E-state index is 0.0281. The molecular formula is C16H20BrN3O2. The van der Waals surface area contributed by atoms with Crippen molar-refractivity contribution in [3.05, 3.63) is 28.2 Å². The molecule has 0 radical (unpaired) electrons. The molecule has 1 saturated heterocycles. The van der Waals surface area contributed by atoms with Crippen molar-refractivity contribution in [2.45, 2.75) is 38.8 Å². The van der Waals surface area contributed by atoms with Crippen molar-refractivity contribution >= 4 is 27.7 Å². The van der Waals surface area contributed by atoms with E-state index in [4.69, 9.17) is 4.74 Å². The summed E-state index contributed by atoms with van der Waals surface area (Å²) in [6.45, 7) is 6.99. The SMILES string of the molecule is CC(C)(C)OC(=O)N[C@H]1CCN(c2cc(Br)ccc2C#N)C1. The zero-order chi connectivity index (χ0) is 16.3. The Kier molecular flexibility index (Phi) is 4.97. The fourth-order valence-corrected chi connectivity index (χ4v) is 2.78. The Bertz CT molecular complexity index is 604. The normalized spacial score (nSPS) is 18.0. The number of carbonyl (C=O) groups is 1. The second-order valence-corrected chi connectivity index (χ2v) is 7.27. The first kappa shape index (κ1) is 16.6. The minimum Gasteiger partial charge on any atom is -0.444 e. The molecule has 1 aromatic rings. The van der Waals surface area contributed by atoms with Crippen molar-refractivity contribution in [3.63, 3.8) is 0 Å². The maximum Gasteiger partial charge on any atom is 0.407 e. The van der Waals surface area contributed by atoms with Gasteiger partial charge in [0.15, 0.2) is 0 Å². The van der Waals surface area contributed by atoms with Gasteiger partial charge < -0.3 is 15.0 Å². The highest BCUT2D eigenvalue weighted by Crippen LogP contribution is 2.27. The fraction of sp³-hybridized carbons (Fsp3) is 0.500. The van der Waals surface area contributed by atoms with Crippen LogP contribution in [0.25, 0.3) is 0 Å². The van der Waals surface area contributed by atoms with E-state index in [1.807, 2.05) is 32.9 Å². The van der Waals surface area contributed by atoms with Crippen LogP contribution in [0.3, 0.4) is 0 Å². The van der Waals surface area contributed by atoms with Crippen molar-refractivity contribution < 1.29 is 9.53 Å². The van der Waals surface area contributed by atoms with Gasteiger partial charge in [0.25, 0.3) is 0 Å². The van der Waals surface area contributed by atoms with Crippen LogP contribution in [0.5, 0.6) is 0 Å². The minimum atomic E-state index is -0.499. The number of alkyl carbamates (subject to hydrolysis) is 1. The molecule has 0 aliphatic carbocycles. The molecular weight excluding hydrogens is 346 g/mol. The number of hydrogen-bond donors (Lipinski definition) is 1. The maximum absolute atomic E-state index is 11.8. The van der Waals surface area contributed by atoms with Gasteiger partial charge in [-0.15, -0.1) is 0 Å². The largest absolute Gasteiger partial charge is 0.444 e. The third-order valence-electron chi connectivity index (χ3n) is 3.33. The second kappa shape index (κ2) is 6.57. The molecule has 1 heterocycles. The average Bonchev–Trinajstić information content (AvgIpc) is 2.84. The highest BCUT2D eigenvalue weighted by Gasteiger charge is 2.27. The van der Waals surface area contributed by atoms with Crippen molar-refractivity contribution in [1.82, 2.24) is 5.32 Å². The van der Waals surface area contributed by atoms with Gasteiger partial charge in [-0.25, -0.2) is 4.79 Å². The Morgan fingerprint density at radius 2 is 2.23 bits per heavy atom. The Hall–Kier alpha value is -1.74. The lowest BCUT2D eigenvalue weighted by Crippen LogP contribution is -2.40. The standard InChI is InChI=1S/C16H20BrN3O2/c1-16(2,3)22-15(21)19-13-6-7-20(10-13)14-8-12(17)5-4-11(14)9-18/h4-5,8,13H,6-7,10H2,1-3H3,(H,19,21)/t13-/m0/s1. The number of nitrogens with one attached hydrogen (secondary N) is 1. The van der Waals surface area contributed by atoms with Crippen LogP contribution in [0.15, 0.2) is 22.7 Å². The lowest BCUT2D eigenvalue weighted by molar-refractivity contribution is 0.0509. The lowest BCUT2D eigenvalue weighted by Gasteiger charge is -2.23. The smallest absolute Gasteiger partial charge is 0.407 e. The molecule has 1 aliphatic heterocycles. The Morgan fingerprint density at radius 3 is 2.86 bits per heavy atom. The van der Waals surface area contributed by atoms with Gasteiger partial charge in [-0.1, -0.05) is 15.9 Å². The van der Waals surface area contributed by atoms with Crippen molar-refractivity contribution in [1.29, 1.82) is 5.26 Å². The van der Waals surface area contributed by atoms with E-state index in [-0.39, 0.29) is 6.04 Å². The van der Waals surface area contributed by atoms with Crippen LogP contribution >= 0.6 is 15.9 Å². The van der Waals surface area contributed by atoms with Crippen LogP contribution < -0.4 is 10.2 Å². The number of nitrogens with zero attached hydrogens (tertiary/aromatic N) is 2. The molecule has 1 fully saturated rings. The monoisotopic (exact) mass is 365 g/mol. The molecule has 0 unspecified atom stereocenters. The first-order chi connectivity index (χ1) is 10.3. The van der Waals surface area contributed by atoms with E-state index in [2.05, 4.69) is 32.2 Å². The zero-order valence-electron chi connectivity index (χ0n) is 13.0. The van der Waals surface area contributed by atoms with Gasteiger partial charge in [0, 0.05) is 17.6 Å². The van der Waals surface area contributed by atoms with E-state index >= 15 is 0 Å². The highest BCUT2D eigenvalue weighted by molar-refractivity contribution is 9.10. The van der Waals surface area contributed by atoms with Crippen LogP contribution in [0.2, 0.25) is 0 Å². The van der Waals surface area contributed by atoms with Crippen molar-refractivity contribution in [2.75, 3.05) is 18.0 Å². The van der Waals surface area contributed by atoms with Gasteiger partial charge in [-0.05, 0) is 45.4 Å². The molecule has 0 spiro atoms. The molecule has 118 valence electrons. The van der Waals surface area contributed by atoms with Gasteiger partial charge in [0.2, 0.25) is 0 Å². The molecule has 2 rings (SSSR count). The van der Waals surface area contributed by atoms with Crippen LogP contribution in [0.1, 0.15) is 32.8 Å². The number of amides is 1. The summed E-state index contributed by atoms with van der Waals surface area (Å²) in [7, 11) is 0. The number of anilines is 1. The number of rotatable bonds is 2. The number of ether oxygens (including phenoxy) is 1. The van der Waals surface area contributed by atoms with Gasteiger partial charge >= 0.3 is 6.09 Å². The Labute approximate surface area is 139 Å². The predicted molar refractivity (Wildman–Crippen MR) is 88.8 cm³/mol. The topological polar surface area (TPSA) is 65.4 Å². The van der Waals surface area contributed by atoms with Gasteiger partial charge in [0.05, 0.1) is 17.3 Å². The highest BCUT2D eigenvalue weighted by atomic mass is 79.9. The summed E-state index contributed by atoms with van der Waals surface area (Å²) in [6, 6.07) is 7.83. The third kappa shape index (κ3) is 4.38. The summed E-state index contributed by atoms with van der Waals surface area (Å²) in [4.78, 5) is 13.9. The van der Waals surface area contributed by atoms with Gasteiger partial charge in [-0.2, -0.15) is 5.26 Å². The van der Waals surface area contributed by atoms with E-state index in [9.17, 15) is 10.1 Å². The van der Waals surface area contributed by atoms with Gasteiger partial charge in [-0.3, -0.25) is 0 Å². The summed E-state index contributed by atoms with van der Waals surface area (Å²) in [5.74, 6) is 0. The molecule has 1 aromatic carbocycles. The van der Waals surface area contributed by atoms with E-state index in [1.54, 1.807) is 6.07 Å². The van der Waals surface area contributed by atoms with Crippen molar-refractivity contribution in [2.24, 2.45) is 0 Å². The van der Waals surface area contributed by atoms with Crippen LogP contribution in [0.4, 0.5) is 10.5 Å². The number of benzene rings is 1. The van der Waals surface area contributed by atoms with E-state index in [1.165, 1.54) is 0 Å². The van der Waals surface area contributed by atoms with Crippen molar-refractivity contribution in [3.8, 4) is 6.07 Å². The van der Waals surface area contributed by atoms with Gasteiger partial charge in [0.1, 0.15) is 11.7 Å². The first-order valence-corrected chi connectivity index (χ1v) is 8.02. The first-order valence-electron chi connectivity index (χ1n) is 7.22. The molecule has 1 atom stereocenters. The zero-order valence-corrected chi connectivity index (χ0v) is 14.6. The molecule has 0 aromatic heterocycles. The van der Waals surface area contributed by atoms with E-state index in [0.717, 1.165) is 23.1 Å². The molecule has 6 heteroatoms. The number of halogens is 1. The molecule has 22 heavy (non-hydrogen) atoms. The quantitative estimate of drug-likeness (QED) is 0.871. The molecule has 1 amide bonds. The number of carbonyl (C=O) groups excluding carboxylic acids is 1. The second-order valence-electron chi connectivity index (χ2n) is 6.35. The number of nitriles is 1. The van der Waals surface area contributed by atoms with Crippen LogP contribution in [0, 0.1) is 11.3 Å². The summed E-state index contributed by atoms with van der Waals surface area (Å²) in [5.41, 5.74) is 1.03. The molecule has 0 saturated carbocycles. The summed E-state index contributed by atoms with van der Waals surface area (Å²) < 4.78 is 6.21. The summed E-state index contributed by atoms with van der Waals surface area (Å²) in [5, 5.41) is 12.1. The molecule has 5 nitrogen and oxygen atoms in total. The molecule has 1 aliphatic rings. The van der Waals surface area contributed by atoms with E-state index < -0.39 is 11.7 Å². The van der Waals surface area contributed by atoms with E-state index in [0.29, 0.717) is 12.1 Å². The number of hydrogen-bond acceptors (Lipinski definition) is 4. The third-order valence-corrected chi connectivity index (χ3v) is 3.82. The molecule has 0 bridgehead atoms. The van der Waals surface area contributed by atoms with Crippen LogP contribution in [-0.2, 0) is 4.74 Å². The molecule has 1 N–H and O–H groups in total. The Morgan fingerprint density at radius 1 is 1.50 bits per heavy atom. The maximum atomic E-state index is 11.8. The summed E-state index contributed by atoms with van der Waals surface area (Å²) in [6.07, 6.45) is 0.436. The predicted octanol–water partition coefficient (Wildman–Crippen LogP) is 3.42. The Balaban J connectivity index is 2.00. The fourth-order valence-electron chi connectivity index (χ4n) is 2.43. The summed E-state index contributed by atoms with van der Waals surface area (Å²) >= 11 is 3.44. The average molecular weight is 366 g/mol. The van der Waals surface area contributed by atoms with Crippen LogP contribution in [-0.4, -0.2) is 30.8 Å².